The Labute approximate surface area is 135 Å². The van der Waals surface area contributed by atoms with Gasteiger partial charge in [-0.25, -0.2) is 14.4 Å². The van der Waals surface area contributed by atoms with Crippen LogP contribution in [0.15, 0.2) is 22.3 Å². The summed E-state index contributed by atoms with van der Waals surface area (Å²) in [6.45, 7) is 0.755. The van der Waals surface area contributed by atoms with E-state index in [0.29, 0.717) is 24.7 Å². The van der Waals surface area contributed by atoms with Gasteiger partial charge in [0.1, 0.15) is 12.1 Å². The lowest BCUT2D eigenvalue weighted by molar-refractivity contribution is 0.136. The SMILES string of the molecule is FC1(c2nc(C3CC3)no2)CCN(c2ncnc3ccsc23)C1. The van der Waals surface area contributed by atoms with E-state index in [1.54, 1.807) is 11.3 Å². The number of hydrogen-bond donors (Lipinski definition) is 0. The molecular weight excluding hydrogens is 317 g/mol. The maximum Gasteiger partial charge on any atom is 0.266 e. The van der Waals surface area contributed by atoms with Crippen molar-refractivity contribution in [1.82, 2.24) is 20.1 Å². The summed E-state index contributed by atoms with van der Waals surface area (Å²) in [5, 5.41) is 5.91. The molecule has 23 heavy (non-hydrogen) atoms. The van der Waals surface area contributed by atoms with Crippen molar-refractivity contribution in [3.63, 3.8) is 0 Å². The van der Waals surface area contributed by atoms with E-state index in [1.165, 1.54) is 6.33 Å². The second-order valence-electron chi connectivity index (χ2n) is 6.20. The largest absolute Gasteiger partial charge is 0.351 e. The van der Waals surface area contributed by atoms with Crippen LogP contribution >= 0.6 is 11.3 Å². The van der Waals surface area contributed by atoms with Gasteiger partial charge < -0.3 is 9.42 Å². The highest BCUT2D eigenvalue weighted by Crippen LogP contribution is 2.42. The van der Waals surface area contributed by atoms with Gasteiger partial charge in [0.05, 0.1) is 16.8 Å². The predicted molar refractivity (Wildman–Crippen MR) is 83.3 cm³/mol. The molecule has 0 N–H and O–H groups in total. The predicted octanol–water partition coefficient (Wildman–Crippen LogP) is 3.03. The van der Waals surface area contributed by atoms with E-state index < -0.39 is 5.67 Å². The minimum Gasteiger partial charge on any atom is -0.351 e. The fourth-order valence-corrected chi connectivity index (χ4v) is 3.92. The normalized spacial score (nSPS) is 24.7. The van der Waals surface area contributed by atoms with Gasteiger partial charge in [-0.15, -0.1) is 11.3 Å². The van der Waals surface area contributed by atoms with Crippen molar-refractivity contribution in [1.29, 1.82) is 0 Å². The summed E-state index contributed by atoms with van der Waals surface area (Å²) in [5.41, 5.74) is -0.709. The lowest BCUT2D eigenvalue weighted by Gasteiger charge is -2.19. The number of anilines is 1. The molecule has 1 saturated carbocycles. The van der Waals surface area contributed by atoms with Crippen molar-refractivity contribution in [3.8, 4) is 0 Å². The molecule has 0 bridgehead atoms. The molecule has 1 saturated heterocycles. The molecule has 0 aromatic carbocycles. The smallest absolute Gasteiger partial charge is 0.266 e. The van der Waals surface area contributed by atoms with E-state index in [1.807, 2.05) is 16.3 Å². The Hall–Kier alpha value is -2.09. The summed E-state index contributed by atoms with van der Waals surface area (Å²) in [4.78, 5) is 14.8. The minimum atomic E-state index is -1.60. The summed E-state index contributed by atoms with van der Waals surface area (Å²) in [6, 6.07) is 1.95. The Balaban J connectivity index is 1.45. The molecule has 1 atom stereocenters. The first kappa shape index (κ1) is 13.4. The molecule has 6 nitrogen and oxygen atoms in total. The van der Waals surface area contributed by atoms with Gasteiger partial charge in [-0.2, -0.15) is 4.98 Å². The third-order valence-corrected chi connectivity index (χ3v) is 5.41. The monoisotopic (exact) mass is 331 g/mol. The van der Waals surface area contributed by atoms with Crippen molar-refractivity contribution in [2.75, 3.05) is 18.0 Å². The van der Waals surface area contributed by atoms with Gasteiger partial charge >= 0.3 is 0 Å². The van der Waals surface area contributed by atoms with Crippen molar-refractivity contribution in [2.24, 2.45) is 0 Å². The van der Waals surface area contributed by atoms with Crippen LogP contribution in [0.25, 0.3) is 10.2 Å². The molecule has 0 amide bonds. The molecule has 4 heterocycles. The summed E-state index contributed by atoms with van der Waals surface area (Å²) < 4.78 is 21.5. The van der Waals surface area contributed by atoms with Crippen LogP contribution in [-0.2, 0) is 5.67 Å². The highest BCUT2D eigenvalue weighted by molar-refractivity contribution is 7.17. The lowest BCUT2D eigenvalue weighted by atomic mass is 10.1. The van der Waals surface area contributed by atoms with Crippen LogP contribution in [0, 0.1) is 0 Å². The Bertz CT molecular complexity index is 876. The topological polar surface area (TPSA) is 67.9 Å². The van der Waals surface area contributed by atoms with Crippen molar-refractivity contribution in [3.05, 3.63) is 29.5 Å². The Morgan fingerprint density at radius 2 is 2.26 bits per heavy atom. The first-order valence-corrected chi connectivity index (χ1v) is 8.57. The molecule has 1 aliphatic heterocycles. The lowest BCUT2D eigenvalue weighted by Crippen LogP contribution is -2.28. The van der Waals surface area contributed by atoms with Gasteiger partial charge in [0, 0.05) is 18.9 Å². The number of rotatable bonds is 3. The third-order valence-electron chi connectivity index (χ3n) is 4.51. The highest BCUT2D eigenvalue weighted by atomic mass is 32.1. The number of fused-ring (bicyclic) bond motifs is 1. The number of alkyl halides is 1. The number of nitrogens with zero attached hydrogens (tertiary/aromatic N) is 5. The number of hydrogen-bond acceptors (Lipinski definition) is 7. The van der Waals surface area contributed by atoms with Gasteiger partial charge in [0.2, 0.25) is 5.67 Å². The average Bonchev–Trinajstić information content (AvgIpc) is 3.00. The van der Waals surface area contributed by atoms with Crippen molar-refractivity contribution >= 4 is 27.4 Å². The summed E-state index contributed by atoms with van der Waals surface area (Å²) >= 11 is 1.57. The molecule has 2 fully saturated rings. The zero-order valence-corrected chi connectivity index (χ0v) is 13.1. The summed E-state index contributed by atoms with van der Waals surface area (Å²) in [6.07, 6.45) is 4.00. The van der Waals surface area contributed by atoms with E-state index in [4.69, 9.17) is 4.52 Å². The van der Waals surface area contributed by atoms with Crippen LogP contribution in [0.1, 0.15) is 36.9 Å². The fraction of sp³-hybridized carbons (Fsp3) is 0.467. The molecule has 118 valence electrons. The summed E-state index contributed by atoms with van der Waals surface area (Å²) in [7, 11) is 0. The molecule has 2 aliphatic rings. The van der Waals surface area contributed by atoms with Crippen molar-refractivity contribution in [2.45, 2.75) is 30.8 Å². The first-order valence-electron chi connectivity index (χ1n) is 7.69. The highest BCUT2D eigenvalue weighted by Gasteiger charge is 2.46. The van der Waals surface area contributed by atoms with Crippen LogP contribution in [0.4, 0.5) is 10.2 Å². The summed E-state index contributed by atoms with van der Waals surface area (Å²) in [5.74, 6) is 1.91. The maximum absolute atomic E-state index is 15.3. The van der Waals surface area contributed by atoms with Gasteiger partial charge in [-0.1, -0.05) is 5.16 Å². The standard InChI is InChI=1S/C15H14FN5OS/c16-15(14-19-12(20-22-14)9-1-2-9)4-5-21(7-15)13-11-10(3-6-23-11)17-8-18-13/h3,6,8-9H,1-2,4-5,7H2. The Kier molecular flexibility index (Phi) is 2.73. The average molecular weight is 331 g/mol. The third kappa shape index (κ3) is 2.12. The van der Waals surface area contributed by atoms with E-state index in [0.717, 1.165) is 28.9 Å². The second kappa shape index (κ2) is 4.70. The Morgan fingerprint density at radius 3 is 3.13 bits per heavy atom. The zero-order valence-electron chi connectivity index (χ0n) is 12.3. The number of thiophene rings is 1. The van der Waals surface area contributed by atoms with Crippen LogP contribution in [0.2, 0.25) is 0 Å². The quantitative estimate of drug-likeness (QED) is 0.735. The van der Waals surface area contributed by atoms with Crippen molar-refractivity contribution < 1.29 is 8.91 Å². The second-order valence-corrected chi connectivity index (χ2v) is 7.12. The number of halogens is 1. The van der Waals surface area contributed by atoms with Gasteiger partial charge in [0.15, 0.2) is 5.82 Å². The minimum absolute atomic E-state index is 0.110. The number of aromatic nitrogens is 4. The molecule has 3 aromatic rings. The Morgan fingerprint density at radius 1 is 1.35 bits per heavy atom. The van der Waals surface area contributed by atoms with E-state index >= 15 is 4.39 Å². The van der Waals surface area contributed by atoms with Crippen LogP contribution in [-0.4, -0.2) is 33.2 Å². The molecule has 1 aliphatic carbocycles. The molecular formula is C15H14FN5OS. The van der Waals surface area contributed by atoms with Crippen LogP contribution in [0.3, 0.4) is 0 Å². The molecule has 0 radical (unpaired) electrons. The first-order chi connectivity index (χ1) is 11.2. The van der Waals surface area contributed by atoms with Gasteiger partial charge in [0.25, 0.3) is 5.89 Å². The zero-order chi connectivity index (χ0) is 15.4. The van der Waals surface area contributed by atoms with Crippen LogP contribution < -0.4 is 4.90 Å². The maximum atomic E-state index is 15.3. The molecule has 8 heteroatoms. The van der Waals surface area contributed by atoms with Crippen LogP contribution in [0.5, 0.6) is 0 Å². The molecule has 3 aromatic heterocycles. The van der Waals surface area contributed by atoms with E-state index in [2.05, 4.69) is 20.1 Å². The van der Waals surface area contributed by atoms with E-state index in [9.17, 15) is 0 Å². The fourth-order valence-electron chi connectivity index (χ4n) is 3.05. The molecule has 1 unspecified atom stereocenters. The molecule has 5 rings (SSSR count). The van der Waals surface area contributed by atoms with Gasteiger partial charge in [-0.3, -0.25) is 0 Å². The van der Waals surface area contributed by atoms with E-state index in [-0.39, 0.29) is 12.4 Å². The molecule has 0 spiro atoms. The van der Waals surface area contributed by atoms with Gasteiger partial charge in [-0.05, 0) is 24.3 Å².